The van der Waals surface area contributed by atoms with Gasteiger partial charge in [0.05, 0.1) is 5.52 Å². The third-order valence-corrected chi connectivity index (χ3v) is 5.28. The number of aromatic nitrogens is 2. The topological polar surface area (TPSA) is 21.1 Å². The number of fused-ring (bicyclic) bond motifs is 3. The molecule has 2 aromatic heterocycles. The van der Waals surface area contributed by atoms with E-state index in [-0.39, 0.29) is 5.82 Å². The lowest BCUT2D eigenvalue weighted by atomic mass is 10.00. The van der Waals surface area contributed by atoms with Gasteiger partial charge in [-0.3, -0.25) is 9.88 Å². The van der Waals surface area contributed by atoms with Gasteiger partial charge in [0.2, 0.25) is 0 Å². The molecule has 0 amide bonds. The summed E-state index contributed by atoms with van der Waals surface area (Å²) < 4.78 is 16.8. The molecule has 0 aliphatic carbocycles. The van der Waals surface area contributed by atoms with Crippen LogP contribution in [0.2, 0.25) is 0 Å². The van der Waals surface area contributed by atoms with E-state index in [4.69, 9.17) is 0 Å². The van der Waals surface area contributed by atoms with Gasteiger partial charge in [-0.05, 0) is 49.7 Å². The summed E-state index contributed by atoms with van der Waals surface area (Å²) in [5.41, 5.74) is 4.59. The van der Waals surface area contributed by atoms with Gasteiger partial charge in [0.1, 0.15) is 5.82 Å². The van der Waals surface area contributed by atoms with Crippen LogP contribution in [-0.4, -0.2) is 27.5 Å². The van der Waals surface area contributed by atoms with Gasteiger partial charge in [0, 0.05) is 49.0 Å². The van der Waals surface area contributed by atoms with Gasteiger partial charge in [0.25, 0.3) is 0 Å². The van der Waals surface area contributed by atoms with Crippen LogP contribution in [0.3, 0.4) is 0 Å². The van der Waals surface area contributed by atoms with Crippen LogP contribution >= 0.6 is 0 Å². The number of halogens is 1. The number of pyridine rings is 1. The van der Waals surface area contributed by atoms with E-state index in [0.29, 0.717) is 6.04 Å². The predicted molar refractivity (Wildman–Crippen MR) is 94.5 cm³/mol. The van der Waals surface area contributed by atoms with Crippen LogP contribution in [0.15, 0.2) is 42.7 Å². The first-order valence-corrected chi connectivity index (χ1v) is 8.52. The molecular weight excluding hydrogens is 301 g/mol. The van der Waals surface area contributed by atoms with Crippen LogP contribution < -0.4 is 0 Å². The minimum absolute atomic E-state index is 0.119. The van der Waals surface area contributed by atoms with Crippen molar-refractivity contribution in [1.82, 2.24) is 14.5 Å². The molecule has 0 saturated carbocycles. The Morgan fingerprint density at radius 3 is 2.79 bits per heavy atom. The maximum Gasteiger partial charge on any atom is 0.147 e. The number of aryl methyl sites for hydroxylation is 2. The first-order chi connectivity index (χ1) is 11.6. The molecule has 24 heavy (non-hydrogen) atoms. The summed E-state index contributed by atoms with van der Waals surface area (Å²) in [6.07, 6.45) is 5.49. The van der Waals surface area contributed by atoms with E-state index in [9.17, 15) is 4.39 Å². The van der Waals surface area contributed by atoms with Crippen LogP contribution in [0.5, 0.6) is 0 Å². The Labute approximate surface area is 141 Å². The molecule has 0 spiro atoms. The third-order valence-electron chi connectivity index (χ3n) is 5.28. The lowest BCUT2D eigenvalue weighted by Crippen LogP contribution is -2.35. The normalized spacial score (nSPS) is 18.0. The zero-order valence-corrected chi connectivity index (χ0v) is 14.2. The lowest BCUT2D eigenvalue weighted by molar-refractivity contribution is 0.228. The molecule has 0 N–H and O–H groups in total. The molecule has 124 valence electrons. The highest BCUT2D eigenvalue weighted by Crippen LogP contribution is 2.33. The van der Waals surface area contributed by atoms with E-state index < -0.39 is 0 Å². The van der Waals surface area contributed by atoms with Crippen molar-refractivity contribution in [3.05, 3.63) is 65.4 Å². The molecule has 1 unspecified atom stereocenters. The van der Waals surface area contributed by atoms with Crippen molar-refractivity contribution >= 4 is 10.9 Å². The summed E-state index contributed by atoms with van der Waals surface area (Å²) in [6, 6.07) is 10.00. The van der Waals surface area contributed by atoms with E-state index in [1.807, 2.05) is 30.6 Å². The summed E-state index contributed by atoms with van der Waals surface area (Å²) in [5, 5.41) is 1.07. The second kappa shape index (κ2) is 6.02. The first-order valence-electron chi connectivity index (χ1n) is 8.52. The quantitative estimate of drug-likeness (QED) is 0.731. The Bertz CT molecular complexity index is 869. The molecule has 1 aliphatic heterocycles. The summed E-state index contributed by atoms with van der Waals surface area (Å²) >= 11 is 0. The summed E-state index contributed by atoms with van der Waals surface area (Å²) in [6.45, 7) is 3.93. The molecule has 4 heteroatoms. The van der Waals surface area contributed by atoms with Gasteiger partial charge in [-0.2, -0.15) is 0 Å². The predicted octanol–water partition coefficient (Wildman–Crippen LogP) is 3.79. The van der Waals surface area contributed by atoms with Gasteiger partial charge < -0.3 is 4.57 Å². The van der Waals surface area contributed by atoms with Crippen LogP contribution in [0.1, 0.15) is 23.7 Å². The molecule has 3 nitrogen and oxygen atoms in total. The second-order valence-electron chi connectivity index (χ2n) is 6.79. The number of benzene rings is 1. The average molecular weight is 323 g/mol. The Kier molecular flexibility index (Phi) is 3.85. The molecule has 0 radical (unpaired) electrons. The molecular formula is C20H22FN3. The monoisotopic (exact) mass is 323 g/mol. The van der Waals surface area contributed by atoms with Gasteiger partial charge in [-0.1, -0.05) is 12.1 Å². The Balaban J connectivity index is 1.80. The van der Waals surface area contributed by atoms with Crippen molar-refractivity contribution in [1.29, 1.82) is 0 Å². The third kappa shape index (κ3) is 2.51. The summed E-state index contributed by atoms with van der Waals surface area (Å²) in [4.78, 5) is 6.42. The number of rotatable bonds is 3. The van der Waals surface area contributed by atoms with Gasteiger partial charge in [-0.15, -0.1) is 0 Å². The average Bonchev–Trinajstić information content (AvgIpc) is 2.89. The molecule has 1 atom stereocenters. The van der Waals surface area contributed by atoms with Gasteiger partial charge in [0.15, 0.2) is 0 Å². The second-order valence-corrected chi connectivity index (χ2v) is 6.79. The van der Waals surface area contributed by atoms with Gasteiger partial charge in [-0.25, -0.2) is 4.39 Å². The number of likely N-dealkylation sites (N-methyl/N-ethyl adjacent to an activating group) is 1. The van der Waals surface area contributed by atoms with Crippen molar-refractivity contribution in [3.8, 4) is 0 Å². The minimum atomic E-state index is -0.119. The lowest BCUT2D eigenvalue weighted by Gasteiger charge is -2.31. The van der Waals surface area contributed by atoms with E-state index >= 15 is 0 Å². The fourth-order valence-corrected chi connectivity index (χ4v) is 3.77. The summed E-state index contributed by atoms with van der Waals surface area (Å²) in [7, 11) is 2.15. The molecule has 3 aromatic rings. The molecule has 4 rings (SSSR count). The highest BCUT2D eigenvalue weighted by molar-refractivity contribution is 5.86. The van der Waals surface area contributed by atoms with E-state index in [0.717, 1.165) is 36.8 Å². The van der Waals surface area contributed by atoms with Crippen molar-refractivity contribution in [2.24, 2.45) is 0 Å². The fourth-order valence-electron chi connectivity index (χ4n) is 3.77. The number of para-hydroxylation sites is 1. The van der Waals surface area contributed by atoms with E-state index in [1.165, 1.54) is 16.8 Å². The zero-order chi connectivity index (χ0) is 16.7. The van der Waals surface area contributed by atoms with Gasteiger partial charge >= 0.3 is 0 Å². The maximum atomic E-state index is 14.6. The highest BCUT2D eigenvalue weighted by Gasteiger charge is 2.27. The Hall–Kier alpha value is -2.20. The van der Waals surface area contributed by atoms with E-state index in [2.05, 4.69) is 34.5 Å². The maximum absolute atomic E-state index is 14.6. The molecule has 1 aromatic carbocycles. The highest BCUT2D eigenvalue weighted by atomic mass is 19.1. The molecule has 0 fully saturated rings. The van der Waals surface area contributed by atoms with Crippen LogP contribution in [0, 0.1) is 5.82 Å². The largest absolute Gasteiger partial charge is 0.342 e. The fraction of sp³-hybridized carbons (Fsp3) is 0.350. The van der Waals surface area contributed by atoms with Crippen LogP contribution in [-0.2, 0) is 25.9 Å². The molecule has 1 aliphatic rings. The van der Waals surface area contributed by atoms with Crippen molar-refractivity contribution in [2.45, 2.75) is 38.9 Å². The number of hydrogen-bond donors (Lipinski definition) is 0. The number of nitrogens with zero attached hydrogens (tertiary/aromatic N) is 3. The summed E-state index contributed by atoms with van der Waals surface area (Å²) in [5.74, 6) is -0.119. The first kappa shape index (κ1) is 15.3. The molecule has 3 heterocycles. The zero-order valence-electron chi connectivity index (χ0n) is 14.2. The van der Waals surface area contributed by atoms with Crippen molar-refractivity contribution in [2.75, 3.05) is 7.05 Å². The van der Waals surface area contributed by atoms with Crippen molar-refractivity contribution < 1.29 is 4.39 Å². The molecule has 0 bridgehead atoms. The molecule has 0 saturated heterocycles. The Morgan fingerprint density at radius 1 is 1.21 bits per heavy atom. The van der Waals surface area contributed by atoms with E-state index in [1.54, 1.807) is 6.07 Å². The smallest absolute Gasteiger partial charge is 0.147 e. The standard InChI is InChI=1S/C20H22FN3/c1-14-12-19-17(13-23(14)2)16-4-3-5-18(21)20(16)24(19)11-8-15-6-9-22-10-7-15/h3-7,9-10,14H,8,11-13H2,1-2H3. The Morgan fingerprint density at radius 2 is 2.00 bits per heavy atom. The van der Waals surface area contributed by atoms with Crippen molar-refractivity contribution in [3.63, 3.8) is 0 Å². The number of hydrogen-bond acceptors (Lipinski definition) is 2. The SMILES string of the molecule is CC1Cc2c(c3cccc(F)c3n2CCc2ccncc2)CN1C. The van der Waals surface area contributed by atoms with Crippen LogP contribution in [0.4, 0.5) is 4.39 Å². The van der Waals surface area contributed by atoms with Crippen LogP contribution in [0.25, 0.3) is 10.9 Å². The minimum Gasteiger partial charge on any atom is -0.342 e.